The van der Waals surface area contributed by atoms with Crippen LogP contribution in [0.25, 0.3) is 0 Å². The molecule has 0 saturated heterocycles. The number of hydrogen-bond donors (Lipinski definition) is 1. The van der Waals surface area contributed by atoms with Crippen LogP contribution < -0.4 is 10.1 Å². The van der Waals surface area contributed by atoms with Gasteiger partial charge in [-0.3, -0.25) is 0 Å². The molecule has 0 aromatic heterocycles. The van der Waals surface area contributed by atoms with Crippen LogP contribution in [0.5, 0.6) is 5.75 Å². The third kappa shape index (κ3) is 2.63. The number of anilines is 1. The van der Waals surface area contributed by atoms with Gasteiger partial charge in [0.1, 0.15) is 17.4 Å². The average molecular weight is 340 g/mol. The minimum Gasteiger partial charge on any atom is -0.493 e. The number of benzene rings is 2. The number of halogens is 3. The van der Waals surface area contributed by atoms with Crippen molar-refractivity contribution in [3.05, 3.63) is 57.6 Å². The fourth-order valence-electron chi connectivity index (χ4n) is 2.25. The zero-order valence-corrected chi connectivity index (χ0v) is 12.1. The Morgan fingerprint density at radius 1 is 1.20 bits per heavy atom. The van der Waals surface area contributed by atoms with Crippen LogP contribution in [-0.4, -0.2) is 6.61 Å². The van der Waals surface area contributed by atoms with Gasteiger partial charge in [0.15, 0.2) is 0 Å². The molecule has 20 heavy (non-hydrogen) atoms. The van der Waals surface area contributed by atoms with Crippen LogP contribution in [0, 0.1) is 11.6 Å². The number of ether oxygens (including phenoxy) is 1. The standard InChI is InChI=1S/C15H12BrF2NO/c16-12-6-11(17)7-13(18)15(12)19-8-9-1-2-14-10(5-9)3-4-20-14/h1-2,5-7,19H,3-4,8H2. The van der Waals surface area contributed by atoms with Gasteiger partial charge < -0.3 is 10.1 Å². The molecule has 0 spiro atoms. The molecule has 2 aromatic rings. The largest absolute Gasteiger partial charge is 0.493 e. The molecule has 2 aromatic carbocycles. The quantitative estimate of drug-likeness (QED) is 0.901. The molecule has 1 aliphatic heterocycles. The summed E-state index contributed by atoms with van der Waals surface area (Å²) in [5, 5.41) is 2.99. The lowest BCUT2D eigenvalue weighted by Crippen LogP contribution is -2.03. The SMILES string of the molecule is Fc1cc(F)c(NCc2ccc3c(c2)CCO3)c(Br)c1. The molecule has 0 bridgehead atoms. The van der Waals surface area contributed by atoms with E-state index in [1.807, 2.05) is 18.2 Å². The summed E-state index contributed by atoms with van der Waals surface area (Å²) in [4.78, 5) is 0. The van der Waals surface area contributed by atoms with Crippen molar-refractivity contribution in [2.75, 3.05) is 11.9 Å². The molecule has 0 aliphatic carbocycles. The number of hydrogen-bond acceptors (Lipinski definition) is 2. The molecular formula is C15H12BrF2NO. The molecule has 0 fully saturated rings. The highest BCUT2D eigenvalue weighted by molar-refractivity contribution is 9.10. The van der Waals surface area contributed by atoms with Crippen molar-refractivity contribution in [3.63, 3.8) is 0 Å². The fraction of sp³-hybridized carbons (Fsp3) is 0.200. The molecule has 0 amide bonds. The van der Waals surface area contributed by atoms with E-state index in [-0.39, 0.29) is 5.69 Å². The first-order chi connectivity index (χ1) is 9.63. The molecule has 5 heteroatoms. The number of nitrogens with one attached hydrogen (secondary N) is 1. The highest BCUT2D eigenvalue weighted by Crippen LogP contribution is 2.29. The van der Waals surface area contributed by atoms with E-state index in [9.17, 15) is 8.78 Å². The minimum atomic E-state index is -0.610. The predicted molar refractivity (Wildman–Crippen MR) is 77.0 cm³/mol. The van der Waals surface area contributed by atoms with Gasteiger partial charge in [-0.25, -0.2) is 8.78 Å². The van der Waals surface area contributed by atoms with Crippen molar-refractivity contribution in [1.82, 2.24) is 0 Å². The predicted octanol–water partition coefficient (Wildman–Crippen LogP) is 4.27. The Morgan fingerprint density at radius 3 is 2.85 bits per heavy atom. The molecule has 0 atom stereocenters. The molecule has 104 valence electrons. The fourth-order valence-corrected chi connectivity index (χ4v) is 2.80. The molecule has 3 rings (SSSR count). The van der Waals surface area contributed by atoms with Crippen molar-refractivity contribution in [2.24, 2.45) is 0 Å². The lowest BCUT2D eigenvalue weighted by molar-refractivity contribution is 0.357. The third-order valence-electron chi connectivity index (χ3n) is 3.23. The van der Waals surface area contributed by atoms with Crippen molar-refractivity contribution in [3.8, 4) is 5.75 Å². The highest BCUT2D eigenvalue weighted by atomic mass is 79.9. The summed E-state index contributed by atoms with van der Waals surface area (Å²) in [5.41, 5.74) is 2.47. The van der Waals surface area contributed by atoms with Gasteiger partial charge in [0, 0.05) is 23.5 Å². The smallest absolute Gasteiger partial charge is 0.150 e. The summed E-state index contributed by atoms with van der Waals surface area (Å²) in [6, 6.07) is 8.01. The Bertz CT molecular complexity index is 637. The molecular weight excluding hydrogens is 328 g/mol. The second kappa shape index (κ2) is 5.40. The van der Waals surface area contributed by atoms with Crippen LogP contribution in [0.3, 0.4) is 0 Å². The molecule has 0 unspecified atom stereocenters. The van der Waals surface area contributed by atoms with Crippen LogP contribution in [0.2, 0.25) is 0 Å². The monoisotopic (exact) mass is 339 g/mol. The average Bonchev–Trinajstić information content (AvgIpc) is 2.84. The summed E-state index contributed by atoms with van der Waals surface area (Å²) in [6.45, 7) is 1.18. The third-order valence-corrected chi connectivity index (χ3v) is 3.86. The second-order valence-electron chi connectivity index (χ2n) is 4.64. The topological polar surface area (TPSA) is 21.3 Å². The first-order valence-corrected chi connectivity index (χ1v) is 7.06. The Kier molecular flexibility index (Phi) is 3.61. The van der Waals surface area contributed by atoms with Gasteiger partial charge in [-0.15, -0.1) is 0 Å². The van der Waals surface area contributed by atoms with Crippen LogP contribution >= 0.6 is 15.9 Å². The van der Waals surface area contributed by atoms with E-state index in [1.165, 1.54) is 11.6 Å². The molecule has 1 heterocycles. The lowest BCUT2D eigenvalue weighted by Gasteiger charge is -2.11. The second-order valence-corrected chi connectivity index (χ2v) is 5.49. The summed E-state index contributed by atoms with van der Waals surface area (Å²) in [6.07, 6.45) is 0.901. The van der Waals surface area contributed by atoms with E-state index < -0.39 is 11.6 Å². The van der Waals surface area contributed by atoms with E-state index in [1.54, 1.807) is 0 Å². The van der Waals surface area contributed by atoms with Crippen LogP contribution in [0.1, 0.15) is 11.1 Å². The summed E-state index contributed by atoms with van der Waals surface area (Å²) in [5.74, 6) is -0.293. The summed E-state index contributed by atoms with van der Waals surface area (Å²) >= 11 is 3.16. The van der Waals surface area contributed by atoms with Crippen molar-refractivity contribution < 1.29 is 13.5 Å². The normalized spacial score (nSPS) is 12.9. The first-order valence-electron chi connectivity index (χ1n) is 6.26. The lowest BCUT2D eigenvalue weighted by atomic mass is 10.1. The van der Waals surface area contributed by atoms with E-state index >= 15 is 0 Å². The van der Waals surface area contributed by atoms with Gasteiger partial charge in [-0.1, -0.05) is 12.1 Å². The highest BCUT2D eigenvalue weighted by Gasteiger charge is 2.13. The van der Waals surface area contributed by atoms with Crippen LogP contribution in [-0.2, 0) is 13.0 Å². The maximum atomic E-state index is 13.7. The molecule has 1 aliphatic rings. The van der Waals surface area contributed by atoms with Crippen LogP contribution in [0.15, 0.2) is 34.8 Å². The number of fused-ring (bicyclic) bond motifs is 1. The van der Waals surface area contributed by atoms with Gasteiger partial charge in [-0.05, 0) is 39.2 Å². The molecule has 2 nitrogen and oxygen atoms in total. The Hall–Kier alpha value is -1.62. The maximum absolute atomic E-state index is 13.7. The van der Waals surface area contributed by atoms with Gasteiger partial charge in [0.05, 0.1) is 12.3 Å². The Balaban J connectivity index is 1.77. The Labute approximate surface area is 123 Å². The zero-order valence-electron chi connectivity index (χ0n) is 10.6. The summed E-state index contributed by atoms with van der Waals surface area (Å²) < 4.78 is 32.5. The van der Waals surface area contributed by atoms with Gasteiger partial charge in [0.2, 0.25) is 0 Å². The van der Waals surface area contributed by atoms with Crippen molar-refractivity contribution in [1.29, 1.82) is 0 Å². The van der Waals surface area contributed by atoms with Crippen molar-refractivity contribution in [2.45, 2.75) is 13.0 Å². The molecule has 0 saturated carbocycles. The van der Waals surface area contributed by atoms with Gasteiger partial charge >= 0.3 is 0 Å². The Morgan fingerprint density at radius 2 is 2.05 bits per heavy atom. The first kappa shape index (κ1) is 13.4. The van der Waals surface area contributed by atoms with Crippen LogP contribution in [0.4, 0.5) is 14.5 Å². The van der Waals surface area contributed by atoms with E-state index in [4.69, 9.17) is 4.74 Å². The van der Waals surface area contributed by atoms with E-state index in [0.717, 1.165) is 23.8 Å². The van der Waals surface area contributed by atoms with Gasteiger partial charge in [-0.2, -0.15) is 0 Å². The van der Waals surface area contributed by atoms with E-state index in [2.05, 4.69) is 21.2 Å². The summed E-state index contributed by atoms with van der Waals surface area (Å²) in [7, 11) is 0. The van der Waals surface area contributed by atoms with Gasteiger partial charge in [0.25, 0.3) is 0 Å². The number of rotatable bonds is 3. The van der Waals surface area contributed by atoms with E-state index in [0.29, 0.717) is 17.6 Å². The zero-order chi connectivity index (χ0) is 14.1. The molecule has 1 N–H and O–H groups in total. The molecule has 0 radical (unpaired) electrons. The van der Waals surface area contributed by atoms with Crippen molar-refractivity contribution >= 4 is 21.6 Å². The minimum absolute atomic E-state index is 0.267. The maximum Gasteiger partial charge on any atom is 0.150 e.